The molecule has 0 fully saturated rings. The third-order valence-electron chi connectivity index (χ3n) is 1.53. The molecule has 0 saturated heterocycles. The predicted octanol–water partition coefficient (Wildman–Crippen LogP) is 2.77. The number of Topliss-reactive ketones (excluding diaryl/α,β-unsaturated/α-hetero) is 1. The van der Waals surface area contributed by atoms with E-state index in [-0.39, 0.29) is 11.3 Å². The van der Waals surface area contributed by atoms with Crippen LogP contribution in [0.5, 0.6) is 5.75 Å². The molecule has 0 aliphatic rings. The number of carbonyl (C=O) groups excluding carboxylic acids is 2. The monoisotopic (exact) mass is 216 g/mol. The minimum absolute atomic E-state index is 0.139. The third-order valence-corrected chi connectivity index (χ3v) is 1.61. The van der Waals surface area contributed by atoms with E-state index in [1.54, 1.807) is 0 Å². The Morgan fingerprint density at radius 3 is 2.57 bits per heavy atom. The van der Waals surface area contributed by atoms with Crippen LogP contribution in [0.3, 0.4) is 0 Å². The standard InChI is InChI=1S/C9H6ClFO3/c1-5(12)6-3-2-4-7(8(6)11)14-9(10)13/h2-4H,1H3. The Labute approximate surface area is 84.4 Å². The summed E-state index contributed by atoms with van der Waals surface area (Å²) < 4.78 is 17.7. The van der Waals surface area contributed by atoms with Crippen LogP contribution in [0.25, 0.3) is 0 Å². The largest absolute Gasteiger partial charge is 0.411 e. The number of halogens is 2. The molecule has 1 rings (SSSR count). The molecule has 0 bridgehead atoms. The van der Waals surface area contributed by atoms with E-state index in [9.17, 15) is 14.0 Å². The quantitative estimate of drug-likeness (QED) is 0.564. The topological polar surface area (TPSA) is 43.4 Å². The van der Waals surface area contributed by atoms with Crippen molar-refractivity contribution < 1.29 is 18.7 Å². The van der Waals surface area contributed by atoms with Crippen LogP contribution in [0.4, 0.5) is 9.18 Å². The molecule has 0 N–H and O–H groups in total. The van der Waals surface area contributed by atoms with Gasteiger partial charge in [-0.05, 0) is 19.1 Å². The van der Waals surface area contributed by atoms with Gasteiger partial charge in [-0.1, -0.05) is 6.07 Å². The highest BCUT2D eigenvalue weighted by Gasteiger charge is 2.13. The highest BCUT2D eigenvalue weighted by atomic mass is 35.5. The van der Waals surface area contributed by atoms with E-state index in [2.05, 4.69) is 4.74 Å². The molecule has 0 heterocycles. The second kappa shape index (κ2) is 4.19. The summed E-state index contributed by atoms with van der Waals surface area (Å²) in [5.74, 6) is -1.68. The molecule has 0 aliphatic heterocycles. The maximum atomic E-state index is 13.3. The van der Waals surface area contributed by atoms with E-state index in [1.807, 2.05) is 0 Å². The Kier molecular flexibility index (Phi) is 3.19. The summed E-state index contributed by atoms with van der Waals surface area (Å²) in [7, 11) is 0. The first-order chi connectivity index (χ1) is 6.52. The number of ether oxygens (including phenoxy) is 1. The molecular formula is C9H6ClFO3. The van der Waals surface area contributed by atoms with Crippen LogP contribution in [0.15, 0.2) is 18.2 Å². The van der Waals surface area contributed by atoms with Crippen molar-refractivity contribution in [3.8, 4) is 5.75 Å². The van der Waals surface area contributed by atoms with Crippen LogP contribution >= 0.6 is 11.6 Å². The second-order valence-electron chi connectivity index (χ2n) is 2.51. The molecule has 0 spiro atoms. The fourth-order valence-corrected chi connectivity index (χ4v) is 1.03. The van der Waals surface area contributed by atoms with Gasteiger partial charge in [0.25, 0.3) is 0 Å². The van der Waals surface area contributed by atoms with Gasteiger partial charge in [0, 0.05) is 11.6 Å². The maximum Gasteiger partial charge on any atom is 0.409 e. The fraction of sp³-hybridized carbons (Fsp3) is 0.111. The van der Waals surface area contributed by atoms with Gasteiger partial charge >= 0.3 is 5.43 Å². The highest BCUT2D eigenvalue weighted by Crippen LogP contribution is 2.21. The highest BCUT2D eigenvalue weighted by molar-refractivity contribution is 6.61. The summed E-state index contributed by atoms with van der Waals surface area (Å²) in [5.41, 5.74) is -1.29. The van der Waals surface area contributed by atoms with Crippen molar-refractivity contribution in [1.82, 2.24) is 0 Å². The lowest BCUT2D eigenvalue weighted by molar-refractivity contribution is 0.101. The lowest BCUT2D eigenvalue weighted by Crippen LogP contribution is -2.03. The molecule has 0 amide bonds. The Morgan fingerprint density at radius 1 is 1.43 bits per heavy atom. The van der Waals surface area contributed by atoms with Gasteiger partial charge in [0.2, 0.25) is 0 Å². The average Bonchev–Trinajstić information content (AvgIpc) is 2.07. The lowest BCUT2D eigenvalue weighted by atomic mass is 10.1. The van der Waals surface area contributed by atoms with Gasteiger partial charge in [-0.2, -0.15) is 0 Å². The van der Waals surface area contributed by atoms with E-state index in [1.165, 1.54) is 25.1 Å². The van der Waals surface area contributed by atoms with E-state index in [0.29, 0.717) is 0 Å². The van der Waals surface area contributed by atoms with Crippen LogP contribution in [-0.4, -0.2) is 11.2 Å². The minimum atomic E-state index is -1.15. The molecule has 0 radical (unpaired) electrons. The van der Waals surface area contributed by atoms with Crippen molar-refractivity contribution in [3.63, 3.8) is 0 Å². The molecule has 0 saturated carbocycles. The summed E-state index contributed by atoms with van der Waals surface area (Å²) >= 11 is 4.90. The second-order valence-corrected chi connectivity index (χ2v) is 2.82. The molecule has 1 aromatic carbocycles. The van der Waals surface area contributed by atoms with Crippen molar-refractivity contribution >= 4 is 22.8 Å². The number of benzene rings is 1. The van der Waals surface area contributed by atoms with E-state index >= 15 is 0 Å². The third kappa shape index (κ3) is 2.29. The Hall–Kier alpha value is -1.42. The summed E-state index contributed by atoms with van der Waals surface area (Å²) in [6.45, 7) is 1.21. The number of carbonyl (C=O) groups is 2. The van der Waals surface area contributed by atoms with Crippen LogP contribution in [-0.2, 0) is 0 Å². The average molecular weight is 217 g/mol. The minimum Gasteiger partial charge on any atom is -0.411 e. The summed E-state index contributed by atoms with van der Waals surface area (Å²) in [5, 5.41) is 0. The molecule has 5 heteroatoms. The smallest absolute Gasteiger partial charge is 0.409 e. The maximum absolute atomic E-state index is 13.3. The molecule has 0 aliphatic carbocycles. The summed E-state index contributed by atoms with van der Waals surface area (Å²) in [6.07, 6.45) is 0. The van der Waals surface area contributed by atoms with Crippen molar-refractivity contribution in [2.24, 2.45) is 0 Å². The Morgan fingerprint density at radius 2 is 2.07 bits per heavy atom. The number of hydrogen-bond donors (Lipinski definition) is 0. The van der Waals surface area contributed by atoms with Gasteiger partial charge in [0.15, 0.2) is 17.3 Å². The normalized spacial score (nSPS) is 9.64. The van der Waals surface area contributed by atoms with E-state index in [0.717, 1.165) is 0 Å². The lowest BCUT2D eigenvalue weighted by Gasteiger charge is -2.03. The fourth-order valence-electron chi connectivity index (χ4n) is 0.948. The summed E-state index contributed by atoms with van der Waals surface area (Å²) in [4.78, 5) is 21.2. The van der Waals surface area contributed by atoms with Gasteiger partial charge in [-0.25, -0.2) is 9.18 Å². The SMILES string of the molecule is CC(=O)c1cccc(OC(=O)Cl)c1F. The van der Waals surface area contributed by atoms with Crippen LogP contribution in [0.1, 0.15) is 17.3 Å². The zero-order valence-corrected chi connectivity index (χ0v) is 7.97. The number of hydrogen-bond acceptors (Lipinski definition) is 3. The molecule has 0 atom stereocenters. The number of ketones is 1. The molecule has 0 unspecified atom stereocenters. The number of rotatable bonds is 2. The molecule has 74 valence electrons. The zero-order valence-electron chi connectivity index (χ0n) is 7.21. The van der Waals surface area contributed by atoms with Gasteiger partial charge in [0.05, 0.1) is 5.56 Å². The first-order valence-electron chi connectivity index (χ1n) is 3.69. The molecule has 14 heavy (non-hydrogen) atoms. The Bertz CT molecular complexity index is 390. The molecular weight excluding hydrogens is 211 g/mol. The van der Waals surface area contributed by atoms with Crippen molar-refractivity contribution in [2.75, 3.05) is 0 Å². The van der Waals surface area contributed by atoms with E-state index in [4.69, 9.17) is 11.6 Å². The molecule has 1 aromatic rings. The van der Waals surface area contributed by atoms with Gasteiger partial charge < -0.3 is 4.74 Å². The molecule has 3 nitrogen and oxygen atoms in total. The van der Waals surface area contributed by atoms with Crippen LogP contribution in [0.2, 0.25) is 0 Å². The first kappa shape index (κ1) is 10.7. The van der Waals surface area contributed by atoms with Crippen LogP contribution in [0, 0.1) is 5.82 Å². The first-order valence-corrected chi connectivity index (χ1v) is 4.07. The predicted molar refractivity (Wildman–Crippen MR) is 48.3 cm³/mol. The molecule has 0 aromatic heterocycles. The van der Waals surface area contributed by atoms with Gasteiger partial charge in [-0.15, -0.1) is 0 Å². The van der Waals surface area contributed by atoms with Crippen molar-refractivity contribution in [3.05, 3.63) is 29.6 Å². The van der Waals surface area contributed by atoms with Gasteiger partial charge in [0.1, 0.15) is 0 Å². The van der Waals surface area contributed by atoms with Gasteiger partial charge in [-0.3, -0.25) is 4.79 Å². The van der Waals surface area contributed by atoms with Crippen molar-refractivity contribution in [2.45, 2.75) is 6.92 Å². The van der Waals surface area contributed by atoms with Crippen molar-refractivity contribution in [1.29, 1.82) is 0 Å². The van der Waals surface area contributed by atoms with Crippen LogP contribution < -0.4 is 4.74 Å². The summed E-state index contributed by atoms with van der Waals surface area (Å²) in [6, 6.07) is 3.90. The zero-order chi connectivity index (χ0) is 10.7. The Balaban J connectivity index is 3.13. The van der Waals surface area contributed by atoms with E-state index < -0.39 is 17.0 Å².